The van der Waals surface area contributed by atoms with Gasteiger partial charge >= 0.3 is 0 Å². The van der Waals surface area contributed by atoms with Gasteiger partial charge in [-0.25, -0.2) is 0 Å². The molecule has 4 nitrogen and oxygen atoms in total. The van der Waals surface area contributed by atoms with Crippen molar-refractivity contribution in [1.82, 2.24) is 15.1 Å². The number of aryl methyl sites for hydroxylation is 2. The molecule has 0 aliphatic heterocycles. The van der Waals surface area contributed by atoms with Crippen molar-refractivity contribution in [3.63, 3.8) is 0 Å². The molecule has 0 fully saturated rings. The van der Waals surface area contributed by atoms with Gasteiger partial charge in [0.05, 0.1) is 17.2 Å². The van der Waals surface area contributed by atoms with Gasteiger partial charge in [-0.1, -0.05) is 0 Å². The van der Waals surface area contributed by atoms with Crippen LogP contribution in [0, 0.1) is 23.7 Å². The minimum atomic E-state index is -0.202. The number of rotatable bonds is 6. The van der Waals surface area contributed by atoms with Crippen molar-refractivity contribution in [2.24, 2.45) is 12.5 Å². The Labute approximate surface area is 104 Å². The van der Waals surface area contributed by atoms with Gasteiger partial charge in [-0.05, 0) is 40.2 Å². The third-order valence-corrected chi connectivity index (χ3v) is 2.89. The summed E-state index contributed by atoms with van der Waals surface area (Å²) >= 11 is 0. The van der Waals surface area contributed by atoms with E-state index >= 15 is 0 Å². The Morgan fingerprint density at radius 3 is 2.76 bits per heavy atom. The molecule has 1 aromatic heterocycles. The smallest absolute Gasteiger partial charge is 0.0683 e. The van der Waals surface area contributed by atoms with E-state index < -0.39 is 0 Å². The number of nitrogens with zero attached hydrogens (tertiary/aromatic N) is 3. The number of hydrogen-bond donors (Lipinski definition) is 1. The summed E-state index contributed by atoms with van der Waals surface area (Å²) in [7, 11) is 1.94. The standard InChI is InChI=1S/C13H22N4/c1-11-12(9-17(4)16-11)8-15-7-5-6-13(2,3)10-14/h9,15H,5-8H2,1-4H3. The van der Waals surface area contributed by atoms with Crippen molar-refractivity contribution >= 4 is 0 Å². The van der Waals surface area contributed by atoms with Crippen molar-refractivity contribution < 1.29 is 0 Å². The third-order valence-electron chi connectivity index (χ3n) is 2.89. The first-order valence-corrected chi connectivity index (χ1v) is 6.06. The van der Waals surface area contributed by atoms with Gasteiger partial charge in [0.2, 0.25) is 0 Å². The molecule has 0 aliphatic rings. The minimum Gasteiger partial charge on any atom is -0.313 e. The summed E-state index contributed by atoms with van der Waals surface area (Å²) in [6.45, 7) is 7.79. The molecule has 0 unspecified atom stereocenters. The van der Waals surface area contributed by atoms with E-state index in [9.17, 15) is 0 Å². The second kappa shape index (κ2) is 5.83. The summed E-state index contributed by atoms with van der Waals surface area (Å²) in [6.07, 6.45) is 4.00. The van der Waals surface area contributed by atoms with E-state index in [4.69, 9.17) is 5.26 Å². The zero-order valence-corrected chi connectivity index (χ0v) is 11.2. The van der Waals surface area contributed by atoms with E-state index in [-0.39, 0.29) is 5.41 Å². The van der Waals surface area contributed by atoms with E-state index in [0.29, 0.717) is 0 Å². The van der Waals surface area contributed by atoms with Gasteiger partial charge in [0.1, 0.15) is 0 Å². The quantitative estimate of drug-likeness (QED) is 0.767. The van der Waals surface area contributed by atoms with Crippen LogP contribution in [0.25, 0.3) is 0 Å². The van der Waals surface area contributed by atoms with Crippen LogP contribution in [0.1, 0.15) is 37.9 Å². The number of hydrogen-bond acceptors (Lipinski definition) is 3. The summed E-state index contributed by atoms with van der Waals surface area (Å²) in [6, 6.07) is 2.32. The van der Waals surface area contributed by atoms with Crippen LogP contribution in [0.15, 0.2) is 6.20 Å². The van der Waals surface area contributed by atoms with Crippen molar-refractivity contribution in [2.45, 2.75) is 40.2 Å². The SMILES string of the molecule is Cc1nn(C)cc1CNCCCC(C)(C)C#N. The van der Waals surface area contributed by atoms with E-state index in [1.807, 2.05) is 38.7 Å². The topological polar surface area (TPSA) is 53.6 Å². The zero-order valence-electron chi connectivity index (χ0n) is 11.2. The highest BCUT2D eigenvalue weighted by atomic mass is 15.2. The fourth-order valence-corrected chi connectivity index (χ4v) is 1.76. The molecule has 0 saturated heterocycles. The molecule has 0 amide bonds. The number of aromatic nitrogens is 2. The monoisotopic (exact) mass is 234 g/mol. The molecule has 0 radical (unpaired) electrons. The molecule has 0 atom stereocenters. The molecule has 17 heavy (non-hydrogen) atoms. The first-order valence-electron chi connectivity index (χ1n) is 6.06. The largest absolute Gasteiger partial charge is 0.313 e. The van der Waals surface area contributed by atoms with Gasteiger partial charge in [0, 0.05) is 25.4 Å². The van der Waals surface area contributed by atoms with Crippen molar-refractivity contribution in [3.05, 3.63) is 17.5 Å². The zero-order chi connectivity index (χ0) is 12.9. The molecular formula is C13H22N4. The fourth-order valence-electron chi connectivity index (χ4n) is 1.76. The van der Waals surface area contributed by atoms with Crippen LogP contribution in [0.5, 0.6) is 0 Å². The second-order valence-electron chi connectivity index (χ2n) is 5.19. The summed E-state index contributed by atoms with van der Waals surface area (Å²) in [4.78, 5) is 0. The number of nitrogens with one attached hydrogen (secondary N) is 1. The first kappa shape index (κ1) is 13.7. The molecule has 1 aromatic rings. The highest BCUT2D eigenvalue weighted by Crippen LogP contribution is 2.19. The van der Waals surface area contributed by atoms with Gasteiger partial charge in [0.15, 0.2) is 0 Å². The van der Waals surface area contributed by atoms with Crippen LogP contribution in [0.4, 0.5) is 0 Å². The lowest BCUT2D eigenvalue weighted by Crippen LogP contribution is -2.17. The lowest BCUT2D eigenvalue weighted by atomic mass is 9.90. The summed E-state index contributed by atoms with van der Waals surface area (Å²) in [5, 5.41) is 16.6. The summed E-state index contributed by atoms with van der Waals surface area (Å²) in [5.74, 6) is 0. The Morgan fingerprint density at radius 1 is 1.53 bits per heavy atom. The molecule has 94 valence electrons. The Kier molecular flexibility index (Phi) is 4.71. The van der Waals surface area contributed by atoms with E-state index in [0.717, 1.165) is 31.6 Å². The lowest BCUT2D eigenvalue weighted by Gasteiger charge is -2.14. The van der Waals surface area contributed by atoms with Crippen LogP contribution in [0.2, 0.25) is 0 Å². The second-order valence-corrected chi connectivity index (χ2v) is 5.19. The average molecular weight is 234 g/mol. The molecule has 1 heterocycles. The molecule has 4 heteroatoms. The Hall–Kier alpha value is -1.34. The van der Waals surface area contributed by atoms with E-state index in [2.05, 4.69) is 16.5 Å². The van der Waals surface area contributed by atoms with E-state index in [1.54, 1.807) is 0 Å². The molecule has 0 saturated carbocycles. The maximum Gasteiger partial charge on any atom is 0.0683 e. The van der Waals surface area contributed by atoms with Crippen molar-refractivity contribution in [1.29, 1.82) is 5.26 Å². The third kappa shape index (κ3) is 4.58. The van der Waals surface area contributed by atoms with E-state index in [1.165, 1.54) is 5.56 Å². The Morgan fingerprint density at radius 2 is 2.24 bits per heavy atom. The van der Waals surface area contributed by atoms with Crippen LogP contribution < -0.4 is 5.32 Å². The fraction of sp³-hybridized carbons (Fsp3) is 0.692. The molecule has 1 N–H and O–H groups in total. The van der Waals surface area contributed by atoms with Crippen LogP contribution in [-0.4, -0.2) is 16.3 Å². The van der Waals surface area contributed by atoms with Gasteiger partial charge in [-0.3, -0.25) is 4.68 Å². The molecule has 1 rings (SSSR count). The molecular weight excluding hydrogens is 212 g/mol. The van der Waals surface area contributed by atoms with Gasteiger partial charge in [0.25, 0.3) is 0 Å². The minimum absolute atomic E-state index is 0.202. The lowest BCUT2D eigenvalue weighted by molar-refractivity contribution is 0.426. The van der Waals surface area contributed by atoms with Gasteiger partial charge in [-0.15, -0.1) is 0 Å². The van der Waals surface area contributed by atoms with Crippen molar-refractivity contribution in [2.75, 3.05) is 6.54 Å². The predicted octanol–water partition coefficient (Wildman–Crippen LogP) is 2.15. The Balaban J connectivity index is 2.22. The van der Waals surface area contributed by atoms with Crippen LogP contribution in [-0.2, 0) is 13.6 Å². The maximum absolute atomic E-state index is 8.89. The molecule has 0 bridgehead atoms. The van der Waals surface area contributed by atoms with Gasteiger partial charge < -0.3 is 5.32 Å². The summed E-state index contributed by atoms with van der Waals surface area (Å²) in [5.41, 5.74) is 2.12. The maximum atomic E-state index is 8.89. The highest BCUT2D eigenvalue weighted by Gasteiger charge is 2.15. The normalized spacial score (nSPS) is 11.5. The highest BCUT2D eigenvalue weighted by molar-refractivity contribution is 5.14. The van der Waals surface area contributed by atoms with Gasteiger partial charge in [-0.2, -0.15) is 10.4 Å². The van der Waals surface area contributed by atoms with Crippen LogP contribution in [0.3, 0.4) is 0 Å². The molecule has 0 spiro atoms. The average Bonchev–Trinajstić information content (AvgIpc) is 2.57. The van der Waals surface area contributed by atoms with Crippen molar-refractivity contribution in [3.8, 4) is 6.07 Å². The summed E-state index contributed by atoms with van der Waals surface area (Å²) < 4.78 is 1.84. The first-order chi connectivity index (χ1) is 7.94. The molecule has 0 aromatic carbocycles. The number of nitriles is 1. The predicted molar refractivity (Wildman–Crippen MR) is 68.3 cm³/mol. The van der Waals surface area contributed by atoms with Crippen LogP contribution >= 0.6 is 0 Å². The molecule has 0 aliphatic carbocycles. The Bertz CT molecular complexity index is 398.